The number of hydrogen-bond acceptors (Lipinski definition) is 5. The van der Waals surface area contributed by atoms with Crippen molar-refractivity contribution in [3.05, 3.63) is 94.0 Å². The Bertz CT molecular complexity index is 1240. The second kappa shape index (κ2) is 9.32. The van der Waals surface area contributed by atoms with Crippen LogP contribution in [0.1, 0.15) is 27.0 Å². The van der Waals surface area contributed by atoms with Crippen molar-refractivity contribution in [1.29, 1.82) is 0 Å². The van der Waals surface area contributed by atoms with Gasteiger partial charge in [-0.2, -0.15) is 4.31 Å². The van der Waals surface area contributed by atoms with E-state index in [2.05, 4.69) is 0 Å². The molecular weight excluding hydrogens is 450 g/mol. The summed E-state index contributed by atoms with van der Waals surface area (Å²) in [6.07, 6.45) is 0.622. The van der Waals surface area contributed by atoms with Crippen molar-refractivity contribution in [2.24, 2.45) is 0 Å². The van der Waals surface area contributed by atoms with E-state index < -0.39 is 16.0 Å². The van der Waals surface area contributed by atoms with Crippen molar-refractivity contribution in [3.8, 4) is 5.75 Å². The number of hydrogen-bond donors (Lipinski definition) is 0. The molecule has 0 radical (unpaired) electrons. The maximum Gasteiger partial charge on any atom is 0.338 e. The van der Waals surface area contributed by atoms with Gasteiger partial charge in [0.1, 0.15) is 17.3 Å². The van der Waals surface area contributed by atoms with E-state index in [1.165, 1.54) is 22.5 Å². The molecule has 0 amide bonds. The molecular formula is C24H22ClNO5S. The first kappa shape index (κ1) is 22.3. The minimum Gasteiger partial charge on any atom is -0.497 e. The number of benzene rings is 3. The Morgan fingerprint density at radius 1 is 1.03 bits per heavy atom. The fraction of sp³-hybridized carbons (Fsp3) is 0.208. The zero-order valence-corrected chi connectivity index (χ0v) is 19.0. The third-order valence-electron chi connectivity index (χ3n) is 5.41. The molecule has 0 saturated carbocycles. The van der Waals surface area contributed by atoms with E-state index in [4.69, 9.17) is 21.1 Å². The Labute approximate surface area is 192 Å². The quantitative estimate of drug-likeness (QED) is 0.496. The minimum absolute atomic E-state index is 0.0520. The number of methoxy groups -OCH3 is 1. The number of halogens is 1. The standard InChI is InChI=1S/C24H22ClNO5S/c1-30-21-9-6-17(7-10-21)16-31-24(27)19-8-11-22(25)23(14-19)32(28,29)26-13-12-18-4-2-3-5-20(18)15-26/h2-11,14H,12-13,15-16H2,1H3. The predicted octanol–water partition coefficient (Wildman–Crippen LogP) is 4.45. The van der Waals surface area contributed by atoms with Gasteiger partial charge in [0.15, 0.2) is 0 Å². The Hall–Kier alpha value is -2.87. The molecule has 0 aliphatic carbocycles. The van der Waals surface area contributed by atoms with E-state index in [0.29, 0.717) is 18.7 Å². The van der Waals surface area contributed by atoms with Crippen LogP contribution in [-0.2, 0) is 34.3 Å². The molecule has 1 aliphatic rings. The first-order valence-electron chi connectivity index (χ1n) is 10.0. The summed E-state index contributed by atoms with van der Waals surface area (Å²) in [5.41, 5.74) is 3.02. The molecule has 6 nitrogen and oxygen atoms in total. The first-order chi connectivity index (χ1) is 15.4. The highest BCUT2D eigenvalue weighted by atomic mass is 35.5. The zero-order chi connectivity index (χ0) is 22.7. The van der Waals surface area contributed by atoms with Gasteiger partial charge in [-0.1, -0.05) is 48.0 Å². The molecule has 0 unspecified atom stereocenters. The molecule has 8 heteroatoms. The van der Waals surface area contributed by atoms with Crippen molar-refractivity contribution in [1.82, 2.24) is 4.31 Å². The van der Waals surface area contributed by atoms with Crippen molar-refractivity contribution < 1.29 is 22.7 Å². The highest BCUT2D eigenvalue weighted by molar-refractivity contribution is 7.89. The van der Waals surface area contributed by atoms with Crippen LogP contribution in [0.25, 0.3) is 0 Å². The number of carbonyl (C=O) groups excluding carboxylic acids is 1. The molecule has 166 valence electrons. The summed E-state index contributed by atoms with van der Waals surface area (Å²) in [5.74, 6) is 0.0749. The highest BCUT2D eigenvalue weighted by Gasteiger charge is 2.30. The normalized spacial score (nSPS) is 13.9. The van der Waals surface area contributed by atoms with Crippen LogP contribution in [-0.4, -0.2) is 32.3 Å². The summed E-state index contributed by atoms with van der Waals surface area (Å²) in [7, 11) is -2.31. The second-order valence-corrected chi connectivity index (χ2v) is 9.74. The van der Waals surface area contributed by atoms with Crippen LogP contribution in [0.2, 0.25) is 5.02 Å². The molecule has 0 atom stereocenters. The molecule has 4 rings (SSSR count). The number of nitrogens with zero attached hydrogens (tertiary/aromatic N) is 1. The summed E-state index contributed by atoms with van der Waals surface area (Å²) in [5, 5.41) is 0.0653. The van der Waals surface area contributed by atoms with Crippen molar-refractivity contribution >= 4 is 27.6 Å². The van der Waals surface area contributed by atoms with Gasteiger partial charge in [0.2, 0.25) is 10.0 Å². The molecule has 1 aliphatic heterocycles. The van der Waals surface area contributed by atoms with E-state index in [-0.39, 0.29) is 28.6 Å². The first-order valence-corrected chi connectivity index (χ1v) is 11.9. The summed E-state index contributed by atoms with van der Waals surface area (Å²) < 4.78 is 38.5. The van der Waals surface area contributed by atoms with Gasteiger partial charge in [0.05, 0.1) is 17.7 Å². The van der Waals surface area contributed by atoms with Crippen molar-refractivity contribution in [2.45, 2.75) is 24.5 Å². The summed E-state index contributed by atoms with van der Waals surface area (Å²) >= 11 is 6.24. The van der Waals surface area contributed by atoms with E-state index in [0.717, 1.165) is 16.7 Å². The van der Waals surface area contributed by atoms with Crippen LogP contribution >= 0.6 is 11.6 Å². The van der Waals surface area contributed by atoms with Crippen LogP contribution in [0.3, 0.4) is 0 Å². The lowest BCUT2D eigenvalue weighted by Crippen LogP contribution is -2.36. The molecule has 0 bridgehead atoms. The SMILES string of the molecule is COc1ccc(COC(=O)c2ccc(Cl)c(S(=O)(=O)N3CCc4ccccc4C3)c2)cc1. The van der Waals surface area contributed by atoms with Gasteiger partial charge >= 0.3 is 5.97 Å². The molecule has 0 spiro atoms. The van der Waals surface area contributed by atoms with Gasteiger partial charge in [-0.25, -0.2) is 13.2 Å². The lowest BCUT2D eigenvalue weighted by Gasteiger charge is -2.28. The molecule has 1 heterocycles. The van der Waals surface area contributed by atoms with E-state index >= 15 is 0 Å². The van der Waals surface area contributed by atoms with Gasteiger partial charge in [0, 0.05) is 13.1 Å². The van der Waals surface area contributed by atoms with Gasteiger partial charge < -0.3 is 9.47 Å². The molecule has 0 saturated heterocycles. The highest BCUT2D eigenvalue weighted by Crippen LogP contribution is 2.30. The maximum absolute atomic E-state index is 13.3. The Balaban J connectivity index is 1.52. The average Bonchev–Trinajstić information content (AvgIpc) is 2.82. The minimum atomic E-state index is -3.89. The van der Waals surface area contributed by atoms with Crippen LogP contribution in [0.4, 0.5) is 0 Å². The third-order valence-corrected chi connectivity index (χ3v) is 7.74. The van der Waals surface area contributed by atoms with Crippen LogP contribution < -0.4 is 4.74 Å². The zero-order valence-electron chi connectivity index (χ0n) is 17.5. The Morgan fingerprint density at radius 3 is 2.47 bits per heavy atom. The number of fused-ring (bicyclic) bond motifs is 1. The van der Waals surface area contributed by atoms with Gasteiger partial charge in [0.25, 0.3) is 0 Å². The predicted molar refractivity (Wildman–Crippen MR) is 121 cm³/mol. The smallest absolute Gasteiger partial charge is 0.338 e. The number of esters is 1. The monoisotopic (exact) mass is 471 g/mol. The van der Waals surface area contributed by atoms with Crippen LogP contribution in [0, 0.1) is 0 Å². The van der Waals surface area contributed by atoms with E-state index in [1.54, 1.807) is 31.4 Å². The molecule has 0 aromatic heterocycles. The van der Waals surface area contributed by atoms with Crippen LogP contribution in [0.5, 0.6) is 5.75 Å². The summed E-state index contributed by atoms with van der Waals surface area (Å²) in [4.78, 5) is 12.5. The largest absolute Gasteiger partial charge is 0.497 e. The molecule has 0 N–H and O–H groups in total. The van der Waals surface area contributed by atoms with E-state index in [9.17, 15) is 13.2 Å². The van der Waals surface area contributed by atoms with Crippen LogP contribution in [0.15, 0.2) is 71.6 Å². The fourth-order valence-corrected chi connectivity index (χ4v) is 5.52. The van der Waals surface area contributed by atoms with E-state index in [1.807, 2.05) is 24.3 Å². The van der Waals surface area contributed by atoms with Crippen molar-refractivity contribution in [2.75, 3.05) is 13.7 Å². The molecule has 0 fully saturated rings. The second-order valence-electron chi connectivity index (χ2n) is 7.43. The maximum atomic E-state index is 13.3. The average molecular weight is 472 g/mol. The van der Waals surface area contributed by atoms with Gasteiger partial charge in [-0.05, 0) is 53.4 Å². The number of rotatable bonds is 6. The Morgan fingerprint density at radius 2 is 1.75 bits per heavy atom. The number of carbonyl (C=O) groups is 1. The lowest BCUT2D eigenvalue weighted by atomic mass is 10.0. The molecule has 32 heavy (non-hydrogen) atoms. The summed E-state index contributed by atoms with van der Waals surface area (Å²) in [6.45, 7) is 0.666. The fourth-order valence-electron chi connectivity index (χ4n) is 3.60. The Kier molecular flexibility index (Phi) is 6.50. The lowest BCUT2D eigenvalue weighted by molar-refractivity contribution is 0.0472. The van der Waals surface area contributed by atoms with Crippen molar-refractivity contribution in [3.63, 3.8) is 0 Å². The molecule has 3 aromatic rings. The number of sulfonamides is 1. The summed E-state index contributed by atoms with van der Waals surface area (Å²) in [6, 6.07) is 19.0. The topological polar surface area (TPSA) is 72.9 Å². The third kappa shape index (κ3) is 4.65. The van der Waals surface area contributed by atoms with Gasteiger partial charge in [-0.3, -0.25) is 0 Å². The van der Waals surface area contributed by atoms with Gasteiger partial charge in [-0.15, -0.1) is 0 Å². The molecule has 3 aromatic carbocycles. The number of ether oxygens (including phenoxy) is 2.